The Hall–Kier alpha value is -1.67. The van der Waals surface area contributed by atoms with Gasteiger partial charge in [-0.1, -0.05) is 0 Å². The molecule has 2 rings (SSSR count). The summed E-state index contributed by atoms with van der Waals surface area (Å²) in [5.41, 5.74) is 1.25. The van der Waals surface area contributed by atoms with E-state index in [0.717, 1.165) is 11.5 Å². The Labute approximate surface area is 130 Å². The lowest BCUT2D eigenvalue weighted by molar-refractivity contribution is 0.181. The van der Waals surface area contributed by atoms with E-state index in [4.69, 9.17) is 9.15 Å². The Bertz CT molecular complexity index is 661. The van der Waals surface area contributed by atoms with E-state index < -0.39 is 0 Å². The second kappa shape index (κ2) is 6.86. The lowest BCUT2D eigenvalue weighted by atomic mass is 10.4. The number of halogens is 1. The zero-order valence-corrected chi connectivity index (χ0v) is 13.7. The van der Waals surface area contributed by atoms with E-state index in [-0.39, 0.29) is 5.56 Å². The van der Waals surface area contributed by atoms with Gasteiger partial charge >= 0.3 is 0 Å². The molecule has 1 N–H and O–H groups in total. The van der Waals surface area contributed by atoms with Crippen molar-refractivity contribution in [3.63, 3.8) is 0 Å². The zero-order chi connectivity index (χ0) is 15.4. The van der Waals surface area contributed by atoms with E-state index in [2.05, 4.69) is 31.3 Å². The Morgan fingerprint density at radius 3 is 2.86 bits per heavy atom. The molecule has 0 radical (unpaired) electrons. The minimum absolute atomic E-state index is 0.211. The van der Waals surface area contributed by atoms with Crippen molar-refractivity contribution in [2.24, 2.45) is 0 Å². The fourth-order valence-corrected chi connectivity index (χ4v) is 2.16. The first kappa shape index (κ1) is 15.7. The van der Waals surface area contributed by atoms with Crippen molar-refractivity contribution in [1.82, 2.24) is 14.8 Å². The average Bonchev–Trinajstić information content (AvgIpc) is 2.78. The number of methoxy groups -OCH3 is 1. The maximum absolute atomic E-state index is 12.1. The number of anilines is 1. The van der Waals surface area contributed by atoms with Gasteiger partial charge in [0.15, 0.2) is 0 Å². The number of ether oxygens (including phenoxy) is 1. The molecule has 2 aromatic heterocycles. The maximum atomic E-state index is 12.1. The van der Waals surface area contributed by atoms with Gasteiger partial charge in [-0.05, 0) is 29.8 Å². The summed E-state index contributed by atoms with van der Waals surface area (Å²) in [4.78, 5) is 16.4. The smallest absolute Gasteiger partial charge is 0.283 e. The van der Waals surface area contributed by atoms with Gasteiger partial charge in [-0.2, -0.15) is 5.10 Å². The van der Waals surface area contributed by atoms with E-state index in [1.165, 1.54) is 4.68 Å². The Kier molecular flexibility index (Phi) is 5.13. The van der Waals surface area contributed by atoms with Gasteiger partial charge in [0.1, 0.15) is 10.2 Å². The molecule has 0 unspecified atom stereocenters. The van der Waals surface area contributed by atoms with Gasteiger partial charge < -0.3 is 14.5 Å². The molecule has 2 heterocycles. The van der Waals surface area contributed by atoms with E-state index in [1.807, 2.05) is 13.8 Å². The molecule has 2 aromatic rings. The van der Waals surface area contributed by atoms with E-state index in [1.54, 1.807) is 13.3 Å². The number of hydrogen-bond acceptors (Lipinski definition) is 6. The molecule has 21 heavy (non-hydrogen) atoms. The van der Waals surface area contributed by atoms with Crippen molar-refractivity contribution >= 4 is 21.6 Å². The number of oxazole rings is 1. The molecule has 114 valence electrons. The third-order valence-electron chi connectivity index (χ3n) is 2.99. The van der Waals surface area contributed by atoms with Crippen LogP contribution in [0.3, 0.4) is 0 Å². The van der Waals surface area contributed by atoms with Gasteiger partial charge in [-0.25, -0.2) is 9.67 Å². The highest BCUT2D eigenvalue weighted by Gasteiger charge is 2.10. The molecule has 0 atom stereocenters. The monoisotopic (exact) mass is 356 g/mol. The highest BCUT2D eigenvalue weighted by atomic mass is 79.9. The second-order valence-electron chi connectivity index (χ2n) is 4.50. The molecule has 0 spiro atoms. The van der Waals surface area contributed by atoms with E-state index >= 15 is 0 Å². The van der Waals surface area contributed by atoms with Crippen LogP contribution in [-0.2, 0) is 17.8 Å². The molecule has 0 fully saturated rings. The third-order valence-corrected chi connectivity index (χ3v) is 3.76. The summed E-state index contributed by atoms with van der Waals surface area (Å²) in [7, 11) is 1.58. The molecule has 0 saturated carbocycles. The molecule has 0 bridgehead atoms. The van der Waals surface area contributed by atoms with Crippen molar-refractivity contribution in [3.05, 3.63) is 38.4 Å². The van der Waals surface area contributed by atoms with Crippen LogP contribution in [-0.4, -0.2) is 28.5 Å². The maximum Gasteiger partial charge on any atom is 0.283 e. The van der Waals surface area contributed by atoms with Gasteiger partial charge in [0.25, 0.3) is 5.56 Å². The normalized spacial score (nSPS) is 10.9. The van der Waals surface area contributed by atoms with Crippen LogP contribution < -0.4 is 10.9 Å². The number of nitrogens with zero attached hydrogens (tertiary/aromatic N) is 3. The number of rotatable bonds is 6. The molecule has 0 saturated heterocycles. The molecule has 0 aromatic carbocycles. The van der Waals surface area contributed by atoms with Crippen LogP contribution in [0, 0.1) is 13.8 Å². The predicted molar refractivity (Wildman–Crippen MR) is 81.4 cm³/mol. The number of nitrogens with one attached hydrogen (secondary N) is 1. The van der Waals surface area contributed by atoms with Gasteiger partial charge in [0.05, 0.1) is 37.3 Å². The first-order valence-electron chi connectivity index (χ1n) is 6.44. The largest absolute Gasteiger partial charge is 0.444 e. The predicted octanol–water partition coefficient (Wildman–Crippen LogP) is 1.87. The number of aromatic nitrogens is 3. The fraction of sp³-hybridized carbons (Fsp3) is 0.462. The summed E-state index contributed by atoms with van der Waals surface area (Å²) in [5.74, 6) is 1.36. The number of hydrogen-bond donors (Lipinski definition) is 1. The van der Waals surface area contributed by atoms with Crippen LogP contribution in [0.4, 0.5) is 5.69 Å². The first-order valence-corrected chi connectivity index (χ1v) is 7.23. The fourth-order valence-electron chi connectivity index (χ4n) is 1.71. The third kappa shape index (κ3) is 3.70. The molecule has 0 aliphatic carbocycles. The van der Waals surface area contributed by atoms with Gasteiger partial charge in [0, 0.05) is 7.11 Å². The molecular formula is C13H17BrN4O3. The Morgan fingerprint density at radius 1 is 1.48 bits per heavy atom. The molecule has 0 amide bonds. The van der Waals surface area contributed by atoms with Gasteiger partial charge in [-0.3, -0.25) is 4.79 Å². The van der Waals surface area contributed by atoms with Gasteiger partial charge in [-0.15, -0.1) is 0 Å². The SMILES string of the molecule is COCCn1ncc(NCc2nc(C)c(C)o2)c(Br)c1=O. The summed E-state index contributed by atoms with van der Waals surface area (Å²) < 4.78 is 12.2. The molecule has 8 heteroatoms. The van der Waals surface area contributed by atoms with Crippen molar-refractivity contribution in [1.29, 1.82) is 0 Å². The minimum atomic E-state index is -0.211. The topological polar surface area (TPSA) is 82.2 Å². The highest BCUT2D eigenvalue weighted by molar-refractivity contribution is 9.10. The summed E-state index contributed by atoms with van der Waals surface area (Å²) in [6, 6.07) is 0. The number of aryl methyl sites for hydroxylation is 2. The van der Waals surface area contributed by atoms with Crippen LogP contribution in [0.1, 0.15) is 17.3 Å². The summed E-state index contributed by atoms with van der Waals surface area (Å²) in [6.07, 6.45) is 1.59. The van der Waals surface area contributed by atoms with E-state index in [9.17, 15) is 4.79 Å². The summed E-state index contributed by atoms with van der Waals surface area (Å²) in [6.45, 7) is 4.97. The lowest BCUT2D eigenvalue weighted by Crippen LogP contribution is -2.26. The van der Waals surface area contributed by atoms with Crippen molar-refractivity contribution in [2.75, 3.05) is 19.0 Å². The molecule has 0 aliphatic heterocycles. The minimum Gasteiger partial charge on any atom is -0.444 e. The Balaban J connectivity index is 2.10. The average molecular weight is 357 g/mol. The molecule has 0 aliphatic rings. The zero-order valence-electron chi connectivity index (χ0n) is 12.1. The standard InChI is InChI=1S/C13H17BrN4O3/c1-8-9(2)21-11(17-8)7-15-10-6-16-18(4-5-20-3)13(19)12(10)14/h6,15H,4-5,7H2,1-3H3. The Morgan fingerprint density at radius 2 is 2.24 bits per heavy atom. The summed E-state index contributed by atoms with van der Waals surface area (Å²) in [5, 5.41) is 7.18. The van der Waals surface area contributed by atoms with Crippen LogP contribution >= 0.6 is 15.9 Å². The van der Waals surface area contributed by atoms with Gasteiger partial charge in [0.2, 0.25) is 5.89 Å². The van der Waals surface area contributed by atoms with Crippen LogP contribution in [0.25, 0.3) is 0 Å². The van der Waals surface area contributed by atoms with Crippen molar-refractivity contribution < 1.29 is 9.15 Å². The van der Waals surface area contributed by atoms with Crippen LogP contribution in [0.15, 0.2) is 19.9 Å². The highest BCUT2D eigenvalue weighted by Crippen LogP contribution is 2.17. The van der Waals surface area contributed by atoms with Crippen molar-refractivity contribution in [2.45, 2.75) is 26.9 Å². The van der Waals surface area contributed by atoms with Crippen molar-refractivity contribution in [3.8, 4) is 0 Å². The van der Waals surface area contributed by atoms with E-state index in [0.29, 0.717) is 35.7 Å². The second-order valence-corrected chi connectivity index (χ2v) is 5.29. The van der Waals surface area contributed by atoms with Crippen LogP contribution in [0.2, 0.25) is 0 Å². The lowest BCUT2D eigenvalue weighted by Gasteiger charge is -2.09. The summed E-state index contributed by atoms with van der Waals surface area (Å²) >= 11 is 3.29. The first-order chi connectivity index (χ1) is 10.0. The molecular weight excluding hydrogens is 340 g/mol. The van der Waals surface area contributed by atoms with Crippen LogP contribution in [0.5, 0.6) is 0 Å². The quantitative estimate of drug-likeness (QED) is 0.850. The molecule has 7 nitrogen and oxygen atoms in total.